The molecule has 1 N–H and O–H groups in total. The van der Waals surface area contributed by atoms with Crippen LogP contribution in [0.4, 0.5) is 26.3 Å². The largest absolute Gasteiger partial charge is 0.459 e. The van der Waals surface area contributed by atoms with Crippen LogP contribution >= 0.6 is 0 Å². The Kier molecular flexibility index (Phi) is 4.54. The molecule has 1 amide bonds. The lowest BCUT2D eigenvalue weighted by molar-refractivity contribution is -0.143. The first-order valence-electron chi connectivity index (χ1n) is 6.27. The van der Waals surface area contributed by atoms with Crippen molar-refractivity contribution in [3.05, 3.63) is 34.9 Å². The molecule has 0 radical (unpaired) electrons. The van der Waals surface area contributed by atoms with Gasteiger partial charge in [-0.15, -0.1) is 0 Å². The van der Waals surface area contributed by atoms with Crippen molar-refractivity contribution in [2.24, 2.45) is 5.10 Å². The second-order valence-electron chi connectivity index (χ2n) is 4.75. The van der Waals surface area contributed by atoms with Gasteiger partial charge in [0.25, 0.3) is 5.91 Å². The van der Waals surface area contributed by atoms with E-state index in [0.29, 0.717) is 0 Å². The third kappa shape index (κ3) is 4.24. The first-order chi connectivity index (χ1) is 11.0. The first kappa shape index (κ1) is 17.8. The van der Waals surface area contributed by atoms with E-state index < -0.39 is 40.9 Å². The van der Waals surface area contributed by atoms with Gasteiger partial charge in [-0.1, -0.05) is 0 Å². The van der Waals surface area contributed by atoms with Gasteiger partial charge in [0, 0.05) is 5.56 Å². The fraction of sp³-hybridized carbons (Fsp3) is 0.308. The van der Waals surface area contributed by atoms with Crippen LogP contribution in [0.15, 0.2) is 23.3 Å². The van der Waals surface area contributed by atoms with Crippen LogP contribution < -0.4 is 5.43 Å². The van der Waals surface area contributed by atoms with Crippen LogP contribution in [0.2, 0.25) is 0 Å². The van der Waals surface area contributed by atoms with Crippen LogP contribution in [-0.4, -0.2) is 24.2 Å². The number of benzene rings is 1. The molecule has 1 aliphatic rings. The fourth-order valence-electron chi connectivity index (χ4n) is 1.78. The van der Waals surface area contributed by atoms with Gasteiger partial charge < -0.3 is 4.74 Å². The first-order valence-corrected chi connectivity index (χ1v) is 6.27. The average Bonchev–Trinajstić information content (AvgIpc) is 2.88. The van der Waals surface area contributed by atoms with Crippen LogP contribution in [0.25, 0.3) is 0 Å². The Morgan fingerprint density at radius 1 is 1.04 bits per heavy atom. The summed E-state index contributed by atoms with van der Waals surface area (Å²) in [6.07, 6.45) is -10.3. The maximum atomic E-state index is 12.7. The highest BCUT2D eigenvalue weighted by atomic mass is 19.4. The van der Waals surface area contributed by atoms with Crippen molar-refractivity contribution in [1.82, 2.24) is 5.43 Å². The number of carbonyl (C=O) groups excluding carboxylic acids is 2. The molecular weight excluding hydrogens is 346 g/mol. The lowest BCUT2D eigenvalue weighted by Gasteiger charge is -2.13. The summed E-state index contributed by atoms with van der Waals surface area (Å²) < 4.78 is 80.7. The van der Waals surface area contributed by atoms with Crippen LogP contribution in [-0.2, 0) is 21.9 Å². The Morgan fingerprint density at radius 3 is 2.00 bits per heavy atom. The predicted molar refractivity (Wildman–Crippen MR) is 66.9 cm³/mol. The van der Waals surface area contributed by atoms with Crippen molar-refractivity contribution in [1.29, 1.82) is 0 Å². The standard InChI is InChI=1S/C13H8F6N2O3/c14-12(15,16)7-1-6(2-8(3-7)13(17,18)19)11(23)21-20-9-4-10(22)24-5-9/h1-3H,4-5H2,(H,21,23). The Hall–Kier alpha value is -2.59. The molecule has 1 aliphatic heterocycles. The zero-order chi connectivity index (χ0) is 18.1. The van der Waals surface area contributed by atoms with Gasteiger partial charge in [0.15, 0.2) is 0 Å². The molecule has 1 aromatic rings. The van der Waals surface area contributed by atoms with E-state index in [1.54, 1.807) is 5.43 Å². The van der Waals surface area contributed by atoms with Crippen molar-refractivity contribution >= 4 is 17.6 Å². The zero-order valence-corrected chi connectivity index (χ0v) is 11.6. The normalized spacial score (nSPS) is 17.1. The van der Waals surface area contributed by atoms with Gasteiger partial charge >= 0.3 is 18.3 Å². The number of hydrogen-bond acceptors (Lipinski definition) is 4. The summed E-state index contributed by atoms with van der Waals surface area (Å²) >= 11 is 0. The summed E-state index contributed by atoms with van der Waals surface area (Å²) in [5.74, 6) is -1.89. The molecule has 1 aromatic carbocycles. The number of carbonyl (C=O) groups is 2. The number of rotatable bonds is 2. The number of esters is 1. The maximum absolute atomic E-state index is 12.7. The molecule has 2 rings (SSSR count). The molecule has 0 aliphatic carbocycles. The van der Waals surface area contributed by atoms with Crippen molar-refractivity contribution < 1.29 is 40.7 Å². The Bertz CT molecular complexity index is 676. The van der Waals surface area contributed by atoms with E-state index >= 15 is 0 Å². The second-order valence-corrected chi connectivity index (χ2v) is 4.75. The SMILES string of the molecule is O=C1CC(=NNC(=O)c2cc(C(F)(F)F)cc(C(F)(F)F)c2)CO1. The van der Waals surface area contributed by atoms with Crippen molar-refractivity contribution in [3.63, 3.8) is 0 Å². The molecule has 5 nitrogen and oxygen atoms in total. The highest BCUT2D eigenvalue weighted by Crippen LogP contribution is 2.36. The Balaban J connectivity index is 2.31. The van der Waals surface area contributed by atoms with Gasteiger partial charge in [-0.25, -0.2) is 5.43 Å². The lowest BCUT2D eigenvalue weighted by atomic mass is 10.0. The molecule has 1 fully saturated rings. The van der Waals surface area contributed by atoms with E-state index in [-0.39, 0.29) is 36.9 Å². The fourth-order valence-corrected chi connectivity index (χ4v) is 1.78. The number of ether oxygens (including phenoxy) is 1. The van der Waals surface area contributed by atoms with E-state index in [0.717, 1.165) is 0 Å². The van der Waals surface area contributed by atoms with Gasteiger partial charge in [0.1, 0.15) is 6.61 Å². The lowest BCUT2D eigenvalue weighted by Crippen LogP contribution is -2.22. The Labute approximate surface area is 130 Å². The topological polar surface area (TPSA) is 67.8 Å². The number of nitrogens with zero attached hydrogens (tertiary/aromatic N) is 1. The molecule has 0 aromatic heterocycles. The van der Waals surface area contributed by atoms with E-state index in [4.69, 9.17) is 0 Å². The van der Waals surface area contributed by atoms with Crippen LogP contribution in [0.5, 0.6) is 0 Å². The smallest absolute Gasteiger partial charge is 0.416 e. The minimum atomic E-state index is -5.06. The van der Waals surface area contributed by atoms with Gasteiger partial charge in [-0.2, -0.15) is 31.4 Å². The van der Waals surface area contributed by atoms with Gasteiger partial charge in [0.2, 0.25) is 0 Å². The second kappa shape index (κ2) is 6.13. The van der Waals surface area contributed by atoms with Gasteiger partial charge in [-0.3, -0.25) is 9.59 Å². The summed E-state index contributed by atoms with van der Waals surface area (Å²) in [5.41, 5.74) is -2.21. The highest BCUT2D eigenvalue weighted by molar-refractivity contribution is 6.05. The molecule has 0 spiro atoms. The van der Waals surface area contributed by atoms with E-state index in [9.17, 15) is 35.9 Å². The van der Waals surface area contributed by atoms with Crippen LogP contribution in [0.1, 0.15) is 27.9 Å². The van der Waals surface area contributed by atoms with Gasteiger partial charge in [-0.05, 0) is 18.2 Å². The molecule has 0 unspecified atom stereocenters. The van der Waals surface area contributed by atoms with E-state index in [1.165, 1.54) is 0 Å². The number of amides is 1. The third-order valence-corrected chi connectivity index (χ3v) is 2.91. The zero-order valence-electron chi connectivity index (χ0n) is 11.6. The quantitative estimate of drug-likeness (QED) is 0.505. The monoisotopic (exact) mass is 354 g/mol. The van der Waals surface area contributed by atoms with Crippen LogP contribution in [0.3, 0.4) is 0 Å². The van der Waals surface area contributed by atoms with E-state index in [1.807, 2.05) is 0 Å². The molecule has 1 saturated heterocycles. The summed E-state index contributed by atoms with van der Waals surface area (Å²) in [6, 6.07) is 0.467. The molecule has 0 bridgehead atoms. The predicted octanol–water partition coefficient (Wildman–Crippen LogP) is 2.76. The summed E-state index contributed by atoms with van der Waals surface area (Å²) in [7, 11) is 0. The minimum Gasteiger partial charge on any atom is -0.459 e. The molecule has 1 heterocycles. The van der Waals surface area contributed by atoms with E-state index in [2.05, 4.69) is 9.84 Å². The molecule has 0 saturated carbocycles. The maximum Gasteiger partial charge on any atom is 0.416 e. The highest BCUT2D eigenvalue weighted by Gasteiger charge is 2.37. The summed E-state index contributed by atoms with van der Waals surface area (Å²) in [5, 5.41) is 3.44. The summed E-state index contributed by atoms with van der Waals surface area (Å²) in [6.45, 7) is -0.213. The Morgan fingerprint density at radius 2 is 1.58 bits per heavy atom. The number of hydrazone groups is 1. The van der Waals surface area contributed by atoms with Crippen LogP contribution in [0, 0.1) is 0 Å². The van der Waals surface area contributed by atoms with Gasteiger partial charge in [0.05, 0.1) is 23.3 Å². The minimum absolute atomic E-state index is 0.0911. The average molecular weight is 354 g/mol. The number of alkyl halides is 6. The van der Waals surface area contributed by atoms with Crippen molar-refractivity contribution in [2.45, 2.75) is 18.8 Å². The number of cyclic esters (lactones) is 1. The third-order valence-electron chi connectivity index (χ3n) is 2.91. The van der Waals surface area contributed by atoms with Crippen molar-refractivity contribution in [2.75, 3.05) is 6.61 Å². The number of halogens is 6. The molecule has 11 heteroatoms. The number of hydrogen-bond donors (Lipinski definition) is 1. The molecule has 0 atom stereocenters. The molecular formula is C13H8F6N2O3. The summed E-state index contributed by atoms with van der Waals surface area (Å²) in [4.78, 5) is 22.6. The van der Waals surface area contributed by atoms with Crippen molar-refractivity contribution in [3.8, 4) is 0 Å². The molecule has 130 valence electrons. The number of nitrogens with one attached hydrogen (secondary N) is 1. The molecule has 24 heavy (non-hydrogen) atoms.